The van der Waals surface area contributed by atoms with Crippen LogP contribution in [0.2, 0.25) is 0 Å². The highest BCUT2D eigenvalue weighted by atomic mass is 32.2. The molecule has 5 heterocycles. The Bertz CT molecular complexity index is 1540. The number of aromatic nitrogens is 4. The van der Waals surface area contributed by atoms with E-state index in [4.69, 9.17) is 0 Å². The number of hydrogen-bond donors (Lipinski definition) is 1. The second-order valence-electron chi connectivity index (χ2n) is 8.41. The summed E-state index contributed by atoms with van der Waals surface area (Å²) in [4.78, 5) is 9.66. The molecule has 6 rings (SSSR count). The van der Waals surface area contributed by atoms with E-state index in [1.165, 1.54) is 22.7 Å². The van der Waals surface area contributed by atoms with Crippen LogP contribution in [0.4, 0.5) is 14.5 Å². The summed E-state index contributed by atoms with van der Waals surface area (Å²) >= 11 is 0. The fourth-order valence-electron chi connectivity index (χ4n) is 4.37. The number of fused-ring (bicyclic) bond motifs is 2. The van der Waals surface area contributed by atoms with Crippen molar-refractivity contribution >= 4 is 26.7 Å². The molecule has 1 N–H and O–H groups in total. The number of H-pyrrole nitrogens is 1. The Balaban J connectivity index is 1.27. The molecular formula is C22H20F2N6O4S. The van der Waals surface area contributed by atoms with Gasteiger partial charge in [-0.3, -0.25) is 0 Å². The maximum atomic E-state index is 13.4. The van der Waals surface area contributed by atoms with Gasteiger partial charge in [-0.1, -0.05) is 6.07 Å². The minimum Gasteiger partial charge on any atom is -0.395 e. The van der Waals surface area contributed by atoms with E-state index in [1.807, 2.05) is 12.3 Å². The third kappa shape index (κ3) is 3.96. The van der Waals surface area contributed by atoms with E-state index in [2.05, 4.69) is 29.4 Å². The maximum absolute atomic E-state index is 13.4. The van der Waals surface area contributed by atoms with Gasteiger partial charge >= 0.3 is 6.29 Å². The van der Waals surface area contributed by atoms with Crippen LogP contribution in [0.1, 0.15) is 0 Å². The number of nitrogens with one attached hydrogen (secondary N) is 1. The van der Waals surface area contributed by atoms with Crippen LogP contribution in [0, 0.1) is 0 Å². The zero-order valence-corrected chi connectivity index (χ0v) is 19.3. The molecule has 0 amide bonds. The fraction of sp³-hybridized carbons (Fsp3) is 0.273. The summed E-state index contributed by atoms with van der Waals surface area (Å²) in [7, 11) is -3.20. The van der Waals surface area contributed by atoms with E-state index in [9.17, 15) is 17.2 Å². The molecule has 13 heteroatoms. The molecule has 0 saturated carbocycles. The van der Waals surface area contributed by atoms with Gasteiger partial charge in [0.05, 0.1) is 36.2 Å². The predicted molar refractivity (Wildman–Crippen MR) is 123 cm³/mol. The van der Waals surface area contributed by atoms with Crippen molar-refractivity contribution in [1.82, 2.24) is 24.1 Å². The van der Waals surface area contributed by atoms with Gasteiger partial charge in [-0.25, -0.2) is 18.1 Å². The van der Waals surface area contributed by atoms with Gasteiger partial charge in [0.1, 0.15) is 5.65 Å². The van der Waals surface area contributed by atoms with Crippen molar-refractivity contribution < 1.29 is 26.7 Å². The lowest BCUT2D eigenvalue weighted by Gasteiger charge is -2.33. The lowest BCUT2D eigenvalue weighted by Crippen LogP contribution is -2.48. The summed E-state index contributed by atoms with van der Waals surface area (Å²) in [5, 5.41) is 5.24. The normalized spacial score (nSPS) is 17.9. The van der Waals surface area contributed by atoms with E-state index >= 15 is 0 Å². The van der Waals surface area contributed by atoms with Crippen LogP contribution in [0.3, 0.4) is 0 Å². The lowest BCUT2D eigenvalue weighted by molar-refractivity contribution is -0.286. The van der Waals surface area contributed by atoms with E-state index in [0.717, 1.165) is 16.6 Å². The molecule has 0 aliphatic carbocycles. The third-order valence-corrected chi connectivity index (χ3v) is 7.44. The first kappa shape index (κ1) is 21.8. The number of ether oxygens (including phenoxy) is 2. The quantitative estimate of drug-likeness (QED) is 0.458. The van der Waals surface area contributed by atoms with Gasteiger partial charge in [0.2, 0.25) is 10.0 Å². The second-order valence-corrected chi connectivity index (χ2v) is 10.4. The molecule has 1 fully saturated rings. The van der Waals surface area contributed by atoms with Crippen molar-refractivity contribution in [3.8, 4) is 28.3 Å². The number of nitrogens with zero attached hydrogens (tertiary/aromatic N) is 5. The Hall–Kier alpha value is -3.71. The van der Waals surface area contributed by atoms with E-state index in [1.54, 1.807) is 29.3 Å². The minimum atomic E-state index is -3.68. The first-order valence-electron chi connectivity index (χ1n) is 10.8. The highest BCUT2D eigenvalue weighted by Crippen LogP contribution is 2.43. The van der Waals surface area contributed by atoms with Gasteiger partial charge in [0.15, 0.2) is 11.5 Å². The Morgan fingerprint density at radius 1 is 1.03 bits per heavy atom. The molecule has 35 heavy (non-hydrogen) atoms. The largest absolute Gasteiger partial charge is 0.586 e. The van der Waals surface area contributed by atoms with E-state index < -0.39 is 16.3 Å². The molecule has 10 nitrogen and oxygen atoms in total. The minimum absolute atomic E-state index is 0.0150. The number of sulfonamides is 1. The molecule has 0 bridgehead atoms. The molecule has 182 valence electrons. The summed E-state index contributed by atoms with van der Waals surface area (Å²) in [6.07, 6.45) is 4.58. The average Bonchev–Trinajstić information content (AvgIpc) is 3.53. The number of piperazine rings is 1. The first-order chi connectivity index (χ1) is 16.7. The third-order valence-electron chi connectivity index (χ3n) is 6.14. The van der Waals surface area contributed by atoms with Gasteiger partial charge in [0.25, 0.3) is 0 Å². The van der Waals surface area contributed by atoms with Gasteiger partial charge < -0.3 is 19.4 Å². The number of anilines is 1. The Labute approximate surface area is 198 Å². The topological polar surface area (TPSA) is 106 Å². The molecule has 4 aromatic rings. The van der Waals surface area contributed by atoms with Crippen molar-refractivity contribution in [3.05, 3.63) is 49.1 Å². The zero-order valence-electron chi connectivity index (χ0n) is 18.5. The number of hydrogen-bond acceptors (Lipinski definition) is 7. The standard InChI is InChI=1S/C22H20F2N6O4S/c1-35(31,32)29-6-4-28(5-7-29)16-11-27-30(13-16)15-9-17-18(12-26-21(17)25-10-15)14-2-3-19-20(8-14)34-22(23,24)33-19/h2-3,8-13H,4-7H2,1H3,(H,25,26). The van der Waals surface area contributed by atoms with E-state index in [0.29, 0.717) is 43.1 Å². The van der Waals surface area contributed by atoms with Crippen LogP contribution in [0.15, 0.2) is 49.1 Å². The number of alkyl halides is 2. The number of pyridine rings is 1. The molecule has 1 saturated heterocycles. The smallest absolute Gasteiger partial charge is 0.395 e. The summed E-state index contributed by atoms with van der Waals surface area (Å²) < 4.78 is 62.6. The number of benzene rings is 1. The van der Waals surface area contributed by atoms with Crippen LogP contribution < -0.4 is 14.4 Å². The van der Waals surface area contributed by atoms with Crippen molar-refractivity contribution in [2.24, 2.45) is 0 Å². The summed E-state index contributed by atoms with van der Waals surface area (Å²) in [5.74, 6) is -0.0440. The highest BCUT2D eigenvalue weighted by Gasteiger charge is 2.43. The number of aromatic amines is 1. The van der Waals surface area contributed by atoms with Crippen molar-refractivity contribution in [1.29, 1.82) is 0 Å². The highest BCUT2D eigenvalue weighted by molar-refractivity contribution is 7.88. The summed E-state index contributed by atoms with van der Waals surface area (Å²) in [5.41, 5.74) is 3.66. The maximum Gasteiger partial charge on any atom is 0.586 e. The predicted octanol–water partition coefficient (Wildman–Crippen LogP) is 2.82. The molecule has 0 unspecified atom stereocenters. The van der Waals surface area contributed by atoms with Gasteiger partial charge in [-0.2, -0.15) is 9.40 Å². The van der Waals surface area contributed by atoms with Gasteiger partial charge in [-0.05, 0) is 23.8 Å². The van der Waals surface area contributed by atoms with Crippen LogP contribution in [0.5, 0.6) is 11.5 Å². The van der Waals surface area contributed by atoms with Gasteiger partial charge in [0, 0.05) is 43.3 Å². The van der Waals surface area contributed by atoms with Crippen LogP contribution in [0.25, 0.3) is 27.8 Å². The molecule has 0 spiro atoms. The number of halogens is 2. The Morgan fingerprint density at radius 2 is 1.80 bits per heavy atom. The van der Waals surface area contributed by atoms with Gasteiger partial charge in [-0.15, -0.1) is 8.78 Å². The Kier molecular flexibility index (Phi) is 4.76. The van der Waals surface area contributed by atoms with Crippen LogP contribution in [-0.2, 0) is 10.0 Å². The molecule has 0 atom stereocenters. The van der Waals surface area contributed by atoms with E-state index in [-0.39, 0.29) is 11.5 Å². The molecule has 0 radical (unpaired) electrons. The monoisotopic (exact) mass is 502 g/mol. The molecular weight excluding hydrogens is 482 g/mol. The average molecular weight is 503 g/mol. The zero-order chi connectivity index (χ0) is 24.4. The molecule has 1 aromatic carbocycles. The Morgan fingerprint density at radius 3 is 2.57 bits per heavy atom. The fourth-order valence-corrected chi connectivity index (χ4v) is 5.20. The first-order valence-corrected chi connectivity index (χ1v) is 12.6. The second kappa shape index (κ2) is 7.65. The molecule has 3 aromatic heterocycles. The number of rotatable bonds is 4. The summed E-state index contributed by atoms with van der Waals surface area (Å²) in [6, 6.07) is 6.55. The van der Waals surface area contributed by atoms with Crippen molar-refractivity contribution in [3.63, 3.8) is 0 Å². The summed E-state index contributed by atoms with van der Waals surface area (Å²) in [6.45, 7) is 1.99. The van der Waals surface area contributed by atoms with Crippen molar-refractivity contribution in [2.75, 3.05) is 37.3 Å². The van der Waals surface area contributed by atoms with Crippen LogP contribution >= 0.6 is 0 Å². The van der Waals surface area contributed by atoms with Crippen LogP contribution in [-0.4, -0.2) is 71.2 Å². The lowest BCUT2D eigenvalue weighted by atomic mass is 10.1. The molecule has 2 aliphatic heterocycles. The SMILES string of the molecule is CS(=O)(=O)N1CCN(c2cnn(-c3cnc4[nH]cc(-c5ccc6c(c5)OC(F)(F)O6)c4c3)c2)CC1. The van der Waals surface area contributed by atoms with Crippen molar-refractivity contribution in [2.45, 2.75) is 6.29 Å². The molecule has 2 aliphatic rings.